The van der Waals surface area contributed by atoms with Gasteiger partial charge in [0.05, 0.1) is 0 Å². The van der Waals surface area contributed by atoms with E-state index in [9.17, 15) is 0 Å². The second-order valence-electron chi connectivity index (χ2n) is 5.77. The maximum absolute atomic E-state index is 3.57. The molecule has 0 saturated carbocycles. The molecule has 2 nitrogen and oxygen atoms in total. The smallest absolute Gasteiger partial charge is 0.0412 e. The number of anilines is 1. The fourth-order valence-corrected chi connectivity index (χ4v) is 2.69. The van der Waals surface area contributed by atoms with Crippen molar-refractivity contribution in [1.29, 1.82) is 0 Å². The molecule has 1 N–H and O–H groups in total. The average molecular weight is 246 g/mol. The number of rotatable bonds is 3. The van der Waals surface area contributed by atoms with Gasteiger partial charge in [-0.1, -0.05) is 32.9 Å². The van der Waals surface area contributed by atoms with E-state index in [2.05, 4.69) is 62.2 Å². The van der Waals surface area contributed by atoms with Gasteiger partial charge >= 0.3 is 0 Å². The first kappa shape index (κ1) is 13.4. The Morgan fingerprint density at radius 2 is 1.94 bits per heavy atom. The molecule has 2 heteroatoms. The molecule has 1 fully saturated rings. The van der Waals surface area contributed by atoms with Gasteiger partial charge in [0, 0.05) is 30.9 Å². The van der Waals surface area contributed by atoms with E-state index in [0.717, 1.165) is 13.1 Å². The molecule has 0 aliphatic carbocycles. The van der Waals surface area contributed by atoms with Crippen LogP contribution in [0.25, 0.3) is 0 Å². The van der Waals surface area contributed by atoms with Crippen molar-refractivity contribution in [3.8, 4) is 0 Å². The van der Waals surface area contributed by atoms with Crippen LogP contribution in [-0.4, -0.2) is 25.2 Å². The van der Waals surface area contributed by atoms with Crippen LogP contribution in [0.5, 0.6) is 0 Å². The third kappa shape index (κ3) is 2.86. The fraction of sp³-hybridized carbons (Fsp3) is 0.625. The van der Waals surface area contributed by atoms with Crippen LogP contribution < -0.4 is 10.2 Å². The highest BCUT2D eigenvalue weighted by molar-refractivity contribution is 5.49. The van der Waals surface area contributed by atoms with Gasteiger partial charge in [-0.15, -0.1) is 0 Å². The van der Waals surface area contributed by atoms with Crippen LogP contribution in [0.15, 0.2) is 24.3 Å². The molecule has 2 atom stereocenters. The highest BCUT2D eigenvalue weighted by atomic mass is 15.2. The first-order valence-corrected chi connectivity index (χ1v) is 7.21. The zero-order valence-corrected chi connectivity index (χ0v) is 12.1. The summed E-state index contributed by atoms with van der Waals surface area (Å²) in [6.07, 6.45) is 1.20. The first-order valence-electron chi connectivity index (χ1n) is 7.21. The van der Waals surface area contributed by atoms with E-state index in [4.69, 9.17) is 0 Å². The molecular formula is C16H26N2. The summed E-state index contributed by atoms with van der Waals surface area (Å²) >= 11 is 0. The number of nitrogens with zero attached hydrogens (tertiary/aromatic N) is 1. The lowest BCUT2D eigenvalue weighted by Crippen LogP contribution is -2.55. The number of hydrogen-bond acceptors (Lipinski definition) is 2. The molecule has 100 valence electrons. The van der Waals surface area contributed by atoms with Gasteiger partial charge in [-0.05, 0) is 37.0 Å². The van der Waals surface area contributed by atoms with E-state index in [0.29, 0.717) is 18.0 Å². The SMILES string of the molecule is CCC1CNC(C)CN1c1ccc(C(C)C)cc1. The molecule has 0 radical (unpaired) electrons. The van der Waals surface area contributed by atoms with Crippen LogP contribution in [0.3, 0.4) is 0 Å². The van der Waals surface area contributed by atoms with Crippen molar-refractivity contribution in [3.63, 3.8) is 0 Å². The second-order valence-corrected chi connectivity index (χ2v) is 5.77. The van der Waals surface area contributed by atoms with E-state index in [1.165, 1.54) is 17.7 Å². The van der Waals surface area contributed by atoms with Gasteiger partial charge in [0.1, 0.15) is 0 Å². The minimum Gasteiger partial charge on any atom is -0.366 e. The van der Waals surface area contributed by atoms with Crippen molar-refractivity contribution < 1.29 is 0 Å². The van der Waals surface area contributed by atoms with Gasteiger partial charge in [-0.3, -0.25) is 0 Å². The third-order valence-electron chi connectivity index (χ3n) is 3.98. The summed E-state index contributed by atoms with van der Waals surface area (Å²) in [4.78, 5) is 2.56. The fourth-order valence-electron chi connectivity index (χ4n) is 2.69. The lowest BCUT2D eigenvalue weighted by Gasteiger charge is -2.40. The molecule has 2 rings (SSSR count). The molecule has 0 spiro atoms. The summed E-state index contributed by atoms with van der Waals surface area (Å²) in [6, 6.07) is 10.3. The first-order chi connectivity index (χ1) is 8.61. The Labute approximate surface area is 111 Å². The molecule has 1 aliphatic heterocycles. The second kappa shape index (κ2) is 5.75. The predicted molar refractivity (Wildman–Crippen MR) is 79.4 cm³/mol. The Morgan fingerprint density at radius 1 is 1.28 bits per heavy atom. The number of nitrogens with one attached hydrogen (secondary N) is 1. The van der Waals surface area contributed by atoms with Crippen molar-refractivity contribution in [2.75, 3.05) is 18.0 Å². The van der Waals surface area contributed by atoms with E-state index in [1.807, 2.05) is 0 Å². The van der Waals surface area contributed by atoms with Crippen LogP contribution >= 0.6 is 0 Å². The summed E-state index contributed by atoms with van der Waals surface area (Å²) in [6.45, 7) is 11.2. The molecule has 2 unspecified atom stereocenters. The number of hydrogen-bond donors (Lipinski definition) is 1. The summed E-state index contributed by atoms with van der Waals surface area (Å²) in [5.41, 5.74) is 2.80. The Kier molecular flexibility index (Phi) is 4.28. The van der Waals surface area contributed by atoms with Crippen LogP contribution in [0, 0.1) is 0 Å². The quantitative estimate of drug-likeness (QED) is 0.879. The number of piperazine rings is 1. The standard InChI is InChI=1S/C16H26N2/c1-5-15-10-17-13(4)11-18(15)16-8-6-14(7-9-16)12(2)3/h6-9,12-13,15,17H,5,10-11H2,1-4H3. The van der Waals surface area contributed by atoms with Crippen molar-refractivity contribution in [2.45, 2.75) is 52.1 Å². The van der Waals surface area contributed by atoms with Crippen LogP contribution in [-0.2, 0) is 0 Å². The van der Waals surface area contributed by atoms with E-state index in [-0.39, 0.29) is 0 Å². The minimum atomic E-state index is 0.581. The topological polar surface area (TPSA) is 15.3 Å². The molecule has 0 amide bonds. The monoisotopic (exact) mass is 246 g/mol. The summed E-state index contributed by atoms with van der Waals surface area (Å²) in [7, 11) is 0. The lowest BCUT2D eigenvalue weighted by atomic mass is 10.0. The van der Waals surface area contributed by atoms with Crippen molar-refractivity contribution in [1.82, 2.24) is 5.32 Å². The maximum Gasteiger partial charge on any atom is 0.0412 e. The third-order valence-corrected chi connectivity index (χ3v) is 3.98. The Bertz CT molecular complexity index is 369. The molecule has 1 aliphatic rings. The maximum atomic E-state index is 3.57. The Morgan fingerprint density at radius 3 is 2.50 bits per heavy atom. The van der Waals surface area contributed by atoms with Crippen molar-refractivity contribution in [3.05, 3.63) is 29.8 Å². The van der Waals surface area contributed by atoms with E-state index < -0.39 is 0 Å². The molecule has 1 saturated heterocycles. The molecule has 0 bridgehead atoms. The zero-order chi connectivity index (χ0) is 13.1. The van der Waals surface area contributed by atoms with Crippen LogP contribution in [0.1, 0.15) is 45.6 Å². The van der Waals surface area contributed by atoms with Gasteiger partial charge in [0.25, 0.3) is 0 Å². The molecular weight excluding hydrogens is 220 g/mol. The minimum absolute atomic E-state index is 0.581. The predicted octanol–water partition coefficient (Wildman–Crippen LogP) is 3.39. The molecule has 1 heterocycles. The largest absolute Gasteiger partial charge is 0.366 e. The van der Waals surface area contributed by atoms with Crippen LogP contribution in [0.2, 0.25) is 0 Å². The zero-order valence-electron chi connectivity index (χ0n) is 12.1. The summed E-state index contributed by atoms with van der Waals surface area (Å²) in [5, 5.41) is 3.57. The molecule has 18 heavy (non-hydrogen) atoms. The molecule has 1 aromatic rings. The normalized spacial score (nSPS) is 24.6. The molecule has 1 aromatic carbocycles. The van der Waals surface area contributed by atoms with E-state index >= 15 is 0 Å². The van der Waals surface area contributed by atoms with Crippen molar-refractivity contribution >= 4 is 5.69 Å². The average Bonchev–Trinajstić information content (AvgIpc) is 2.39. The van der Waals surface area contributed by atoms with Gasteiger partial charge < -0.3 is 10.2 Å². The van der Waals surface area contributed by atoms with Gasteiger partial charge in [-0.25, -0.2) is 0 Å². The lowest BCUT2D eigenvalue weighted by molar-refractivity contribution is 0.402. The number of benzene rings is 1. The van der Waals surface area contributed by atoms with Crippen LogP contribution in [0.4, 0.5) is 5.69 Å². The Balaban J connectivity index is 2.17. The highest BCUT2D eigenvalue weighted by Crippen LogP contribution is 2.24. The van der Waals surface area contributed by atoms with Gasteiger partial charge in [0.15, 0.2) is 0 Å². The van der Waals surface area contributed by atoms with Gasteiger partial charge in [-0.2, -0.15) is 0 Å². The van der Waals surface area contributed by atoms with E-state index in [1.54, 1.807) is 0 Å². The van der Waals surface area contributed by atoms with Gasteiger partial charge in [0.2, 0.25) is 0 Å². The highest BCUT2D eigenvalue weighted by Gasteiger charge is 2.24. The van der Waals surface area contributed by atoms with Crippen molar-refractivity contribution in [2.24, 2.45) is 0 Å². The summed E-state index contributed by atoms with van der Waals surface area (Å²) < 4.78 is 0. The Hall–Kier alpha value is -1.02. The summed E-state index contributed by atoms with van der Waals surface area (Å²) in [5.74, 6) is 0.614. The molecule has 0 aromatic heterocycles.